The van der Waals surface area contributed by atoms with Crippen molar-refractivity contribution in [1.82, 2.24) is 19.7 Å². The second-order valence-corrected chi connectivity index (χ2v) is 4.43. The first-order chi connectivity index (χ1) is 7.75. The van der Waals surface area contributed by atoms with Gasteiger partial charge in [-0.2, -0.15) is 5.10 Å². The molecule has 0 saturated heterocycles. The minimum absolute atomic E-state index is 0.142. The molecule has 1 saturated carbocycles. The quantitative estimate of drug-likeness (QED) is 0.721. The van der Waals surface area contributed by atoms with Gasteiger partial charge >= 0.3 is 5.69 Å². The highest BCUT2D eigenvalue weighted by Crippen LogP contribution is 2.29. The van der Waals surface area contributed by atoms with E-state index in [0.717, 1.165) is 25.2 Å². The average molecular weight is 222 g/mol. The lowest BCUT2D eigenvalue weighted by Gasteiger charge is -2.11. The zero-order valence-electron chi connectivity index (χ0n) is 8.98. The molecule has 1 N–H and O–H groups in total. The first kappa shape index (κ1) is 9.77. The Kier molecular flexibility index (Phi) is 2.17. The van der Waals surface area contributed by atoms with Crippen LogP contribution in [0.2, 0.25) is 0 Å². The molecular formula is C10H14N4O2. The number of carbonyl (C=O) groups excluding carboxylic acids is 1. The fourth-order valence-electron chi connectivity index (χ4n) is 2.02. The molecule has 1 aliphatic heterocycles. The van der Waals surface area contributed by atoms with Crippen molar-refractivity contribution in [1.29, 1.82) is 0 Å². The van der Waals surface area contributed by atoms with Crippen LogP contribution in [0.1, 0.15) is 18.7 Å². The van der Waals surface area contributed by atoms with Gasteiger partial charge in [0, 0.05) is 19.0 Å². The Balaban J connectivity index is 1.86. The van der Waals surface area contributed by atoms with Gasteiger partial charge in [0.2, 0.25) is 0 Å². The van der Waals surface area contributed by atoms with Crippen LogP contribution in [-0.2, 0) is 24.4 Å². The van der Waals surface area contributed by atoms with Gasteiger partial charge in [0.05, 0.1) is 6.54 Å². The minimum Gasteiger partial charge on any atom is -0.308 e. The van der Waals surface area contributed by atoms with Crippen LogP contribution < -0.4 is 11.0 Å². The number of nitrogens with one attached hydrogen (secondary N) is 1. The molecule has 1 aromatic rings. The summed E-state index contributed by atoms with van der Waals surface area (Å²) in [6.45, 7) is 2.18. The van der Waals surface area contributed by atoms with E-state index in [1.165, 1.54) is 4.68 Å². The monoisotopic (exact) mass is 222 g/mol. The maximum absolute atomic E-state index is 11.9. The number of rotatable bonds is 3. The van der Waals surface area contributed by atoms with Gasteiger partial charge in [0.25, 0.3) is 0 Å². The van der Waals surface area contributed by atoms with E-state index < -0.39 is 0 Å². The highest BCUT2D eigenvalue weighted by atomic mass is 16.2. The van der Waals surface area contributed by atoms with E-state index in [4.69, 9.17) is 0 Å². The van der Waals surface area contributed by atoms with Crippen molar-refractivity contribution in [2.45, 2.75) is 32.5 Å². The van der Waals surface area contributed by atoms with E-state index in [1.54, 1.807) is 4.57 Å². The van der Waals surface area contributed by atoms with Gasteiger partial charge < -0.3 is 5.32 Å². The normalized spacial score (nSPS) is 19.5. The van der Waals surface area contributed by atoms with Crippen LogP contribution in [0.25, 0.3) is 0 Å². The Morgan fingerprint density at radius 2 is 2.31 bits per heavy atom. The molecular weight excluding hydrogens is 208 g/mol. The molecule has 1 aliphatic carbocycles. The number of carbonyl (C=O) groups is 1. The summed E-state index contributed by atoms with van der Waals surface area (Å²) in [5.41, 5.74) is -0.148. The summed E-state index contributed by atoms with van der Waals surface area (Å²) in [6.07, 6.45) is 1.95. The summed E-state index contributed by atoms with van der Waals surface area (Å²) in [5.74, 6) is 1.06. The highest BCUT2D eigenvalue weighted by molar-refractivity contribution is 5.82. The Hall–Kier alpha value is -1.43. The van der Waals surface area contributed by atoms with Crippen molar-refractivity contribution in [3.63, 3.8) is 0 Å². The van der Waals surface area contributed by atoms with Crippen molar-refractivity contribution in [2.24, 2.45) is 5.92 Å². The van der Waals surface area contributed by atoms with Crippen molar-refractivity contribution in [3.05, 3.63) is 16.3 Å². The smallest absolute Gasteiger partial charge is 0.308 e. The van der Waals surface area contributed by atoms with Gasteiger partial charge in [0.15, 0.2) is 5.78 Å². The van der Waals surface area contributed by atoms with E-state index in [0.29, 0.717) is 13.1 Å². The molecule has 6 heteroatoms. The van der Waals surface area contributed by atoms with Crippen LogP contribution in [0.15, 0.2) is 4.79 Å². The van der Waals surface area contributed by atoms with E-state index in [2.05, 4.69) is 10.4 Å². The van der Waals surface area contributed by atoms with Crippen molar-refractivity contribution in [2.75, 3.05) is 6.54 Å². The molecule has 1 fully saturated rings. The number of aromatic nitrogens is 3. The molecule has 1 aromatic heterocycles. The average Bonchev–Trinajstić information content (AvgIpc) is 3.08. The number of hydrogen-bond donors (Lipinski definition) is 1. The molecule has 3 rings (SSSR count). The lowest BCUT2D eigenvalue weighted by Crippen LogP contribution is -2.34. The summed E-state index contributed by atoms with van der Waals surface area (Å²) in [6, 6.07) is 0. The SMILES string of the molecule is O=C(Cn1nc2n(c1=O)CCNC2)C1CC1. The summed E-state index contributed by atoms with van der Waals surface area (Å²) in [5, 5.41) is 7.33. The third-order valence-electron chi connectivity index (χ3n) is 3.13. The molecule has 2 heterocycles. The molecule has 2 aliphatic rings. The maximum Gasteiger partial charge on any atom is 0.346 e. The van der Waals surface area contributed by atoms with Crippen LogP contribution in [0.4, 0.5) is 0 Å². The van der Waals surface area contributed by atoms with Gasteiger partial charge in [0.1, 0.15) is 12.4 Å². The lowest BCUT2D eigenvalue weighted by atomic mass is 10.3. The van der Waals surface area contributed by atoms with E-state index >= 15 is 0 Å². The molecule has 0 bridgehead atoms. The minimum atomic E-state index is -0.148. The summed E-state index contributed by atoms with van der Waals surface area (Å²) < 4.78 is 2.96. The predicted octanol–water partition coefficient (Wildman–Crippen LogP) is -0.873. The van der Waals surface area contributed by atoms with Crippen molar-refractivity contribution in [3.8, 4) is 0 Å². The third-order valence-corrected chi connectivity index (χ3v) is 3.13. The van der Waals surface area contributed by atoms with Gasteiger partial charge in [-0.25, -0.2) is 9.48 Å². The van der Waals surface area contributed by atoms with Crippen molar-refractivity contribution < 1.29 is 4.79 Å². The van der Waals surface area contributed by atoms with Gasteiger partial charge in [-0.15, -0.1) is 0 Å². The third kappa shape index (κ3) is 1.59. The summed E-state index contributed by atoms with van der Waals surface area (Å²) in [4.78, 5) is 23.5. The highest BCUT2D eigenvalue weighted by Gasteiger charge is 2.30. The molecule has 86 valence electrons. The molecule has 0 spiro atoms. The zero-order chi connectivity index (χ0) is 11.1. The zero-order valence-corrected chi connectivity index (χ0v) is 8.98. The Morgan fingerprint density at radius 1 is 1.50 bits per heavy atom. The molecule has 0 amide bonds. The van der Waals surface area contributed by atoms with Gasteiger partial charge in [-0.05, 0) is 12.8 Å². The number of ketones is 1. The fourth-order valence-corrected chi connectivity index (χ4v) is 2.02. The molecule has 0 unspecified atom stereocenters. The van der Waals surface area contributed by atoms with Gasteiger partial charge in [-0.1, -0.05) is 0 Å². The second kappa shape index (κ2) is 3.55. The summed E-state index contributed by atoms with van der Waals surface area (Å²) in [7, 11) is 0. The molecule has 0 atom stereocenters. The predicted molar refractivity (Wildman–Crippen MR) is 55.9 cm³/mol. The largest absolute Gasteiger partial charge is 0.346 e. The van der Waals surface area contributed by atoms with Gasteiger partial charge in [-0.3, -0.25) is 9.36 Å². The number of fused-ring (bicyclic) bond motifs is 1. The Morgan fingerprint density at radius 3 is 3.00 bits per heavy atom. The van der Waals surface area contributed by atoms with E-state index in [-0.39, 0.29) is 23.9 Å². The van der Waals surface area contributed by atoms with Crippen LogP contribution in [0.5, 0.6) is 0 Å². The maximum atomic E-state index is 11.9. The molecule has 0 radical (unpaired) electrons. The number of Topliss-reactive ketones (excluding diaryl/α,β-unsaturated/α-hetero) is 1. The first-order valence-electron chi connectivity index (χ1n) is 5.65. The van der Waals surface area contributed by atoms with E-state index in [1.807, 2.05) is 0 Å². The molecule has 0 aromatic carbocycles. The number of hydrogen-bond acceptors (Lipinski definition) is 4. The summed E-state index contributed by atoms with van der Waals surface area (Å²) >= 11 is 0. The van der Waals surface area contributed by atoms with Crippen LogP contribution in [0, 0.1) is 5.92 Å². The molecule has 16 heavy (non-hydrogen) atoms. The number of nitrogens with zero attached hydrogens (tertiary/aromatic N) is 3. The van der Waals surface area contributed by atoms with Crippen LogP contribution in [-0.4, -0.2) is 26.7 Å². The first-order valence-corrected chi connectivity index (χ1v) is 5.65. The Bertz CT molecular complexity index is 483. The Labute approximate surface area is 92.2 Å². The topological polar surface area (TPSA) is 68.9 Å². The standard InChI is InChI=1S/C10H14N4O2/c15-8(7-1-2-7)6-14-10(16)13-4-3-11-5-9(13)12-14/h7,11H,1-6H2. The lowest BCUT2D eigenvalue weighted by molar-refractivity contribution is -0.121. The molecule has 6 nitrogen and oxygen atoms in total. The fraction of sp³-hybridized carbons (Fsp3) is 0.700. The van der Waals surface area contributed by atoms with Crippen LogP contribution >= 0.6 is 0 Å². The van der Waals surface area contributed by atoms with E-state index in [9.17, 15) is 9.59 Å². The van der Waals surface area contributed by atoms with Crippen molar-refractivity contribution >= 4 is 5.78 Å². The van der Waals surface area contributed by atoms with Crippen LogP contribution in [0.3, 0.4) is 0 Å². The second-order valence-electron chi connectivity index (χ2n) is 4.43.